The predicted molar refractivity (Wildman–Crippen MR) is 174 cm³/mol. The lowest BCUT2D eigenvalue weighted by Gasteiger charge is -2.08. The molecule has 0 spiro atoms. The molecule has 2 aliphatic rings. The summed E-state index contributed by atoms with van der Waals surface area (Å²) >= 11 is 0. The summed E-state index contributed by atoms with van der Waals surface area (Å²) in [7, 11) is 0. The van der Waals surface area contributed by atoms with Gasteiger partial charge in [-0.15, -0.1) is 0 Å². The van der Waals surface area contributed by atoms with Crippen molar-refractivity contribution in [3.05, 3.63) is 100 Å². The van der Waals surface area contributed by atoms with Crippen molar-refractivity contribution in [1.29, 1.82) is 0 Å². The third kappa shape index (κ3) is 14.2. The van der Waals surface area contributed by atoms with Gasteiger partial charge in [-0.3, -0.25) is 0 Å². The minimum atomic E-state index is 0.653. The highest BCUT2D eigenvalue weighted by molar-refractivity contribution is 5.73. The zero-order chi connectivity index (χ0) is 29.0. The number of fused-ring (bicyclic) bond motifs is 1. The minimum absolute atomic E-state index is 0.653. The summed E-state index contributed by atoms with van der Waals surface area (Å²) in [6, 6.07) is 17.4. The molecule has 0 nitrogen and oxygen atoms in total. The third-order valence-corrected chi connectivity index (χ3v) is 6.01. The maximum absolute atomic E-state index is 2.36. The van der Waals surface area contributed by atoms with Gasteiger partial charge in [0.2, 0.25) is 0 Å². The minimum Gasteiger partial charge on any atom is -0.0760 e. The van der Waals surface area contributed by atoms with E-state index < -0.39 is 0 Å². The molecule has 37 heavy (non-hydrogen) atoms. The number of hydrogen-bond acceptors (Lipinski definition) is 0. The van der Waals surface area contributed by atoms with Gasteiger partial charge in [-0.2, -0.15) is 0 Å². The van der Waals surface area contributed by atoms with Gasteiger partial charge in [0.05, 0.1) is 0 Å². The van der Waals surface area contributed by atoms with Crippen LogP contribution in [0.4, 0.5) is 0 Å². The molecule has 2 aromatic carbocycles. The Balaban J connectivity index is 0. The fourth-order valence-electron chi connectivity index (χ4n) is 3.97. The highest BCUT2D eigenvalue weighted by atomic mass is 14.2. The monoisotopic (exact) mass is 504 g/mol. The molecule has 0 heteroatoms. The summed E-state index contributed by atoms with van der Waals surface area (Å²) in [5.41, 5.74) is 10.3. The Hall–Kier alpha value is -2.34. The highest BCUT2D eigenvalue weighted by Gasteiger charge is 2.14. The van der Waals surface area contributed by atoms with E-state index in [9.17, 15) is 0 Å². The van der Waals surface area contributed by atoms with Crippen LogP contribution in [-0.2, 0) is 6.42 Å². The standard InChI is InChI=1S/C12H14.C10H14.C9H14.3C2H6/c1-9(2)11-8-7-10-5-3-4-6-12(10)11;1-8(2)10-6-4-5-9(3)7-10;1-7(2)9-5-4-8(3)6-9;3*1-2/h3-6,8-9H,7H2,1-2H3;4-8H,1-3H3;4-5,7H,6H2,1-3H3;3*1-2H3. The number of rotatable bonds is 3. The Morgan fingerprint density at radius 3 is 1.62 bits per heavy atom. The summed E-state index contributed by atoms with van der Waals surface area (Å²) < 4.78 is 0. The molecular weight excluding hydrogens is 444 g/mol. The molecule has 0 radical (unpaired) electrons. The molecule has 2 aliphatic carbocycles. The summed E-state index contributed by atoms with van der Waals surface area (Å²) in [6.45, 7) is 29.8. The first-order valence-corrected chi connectivity index (χ1v) is 14.9. The van der Waals surface area contributed by atoms with Crippen molar-refractivity contribution in [2.75, 3.05) is 0 Å². The second-order valence-corrected chi connectivity index (χ2v) is 9.83. The van der Waals surface area contributed by atoms with Crippen molar-refractivity contribution in [1.82, 2.24) is 0 Å². The maximum atomic E-state index is 2.36. The van der Waals surface area contributed by atoms with Gasteiger partial charge in [-0.1, -0.05) is 167 Å². The van der Waals surface area contributed by atoms with E-state index in [0.717, 1.165) is 12.3 Å². The van der Waals surface area contributed by atoms with Gasteiger partial charge in [-0.05, 0) is 66.7 Å². The molecule has 0 N–H and O–H groups in total. The van der Waals surface area contributed by atoms with Crippen LogP contribution in [0.25, 0.3) is 5.57 Å². The second-order valence-electron chi connectivity index (χ2n) is 9.83. The Morgan fingerprint density at radius 2 is 1.22 bits per heavy atom. The SMILES string of the molecule is CC.CC.CC.CC(C)C1=CCc2ccccc21.CC1=CC=C(C(C)C)C1.Cc1cccc(C(C)C)c1. The van der Waals surface area contributed by atoms with Gasteiger partial charge in [0.15, 0.2) is 0 Å². The molecule has 0 saturated carbocycles. The van der Waals surface area contributed by atoms with Crippen molar-refractivity contribution in [2.45, 2.75) is 116 Å². The molecule has 0 atom stereocenters. The predicted octanol–water partition coefficient (Wildman–Crippen LogP) is 12.4. The van der Waals surface area contributed by atoms with Crippen molar-refractivity contribution in [3.63, 3.8) is 0 Å². The molecule has 0 aromatic heterocycles. The maximum Gasteiger partial charge on any atom is -0.00853 e. The molecule has 0 bridgehead atoms. The number of aryl methyl sites for hydroxylation is 1. The van der Waals surface area contributed by atoms with E-state index in [2.05, 4.69) is 122 Å². The van der Waals surface area contributed by atoms with Gasteiger partial charge >= 0.3 is 0 Å². The van der Waals surface area contributed by atoms with Crippen molar-refractivity contribution in [2.24, 2.45) is 11.8 Å². The molecule has 4 rings (SSSR count). The van der Waals surface area contributed by atoms with E-state index in [4.69, 9.17) is 0 Å². The van der Waals surface area contributed by atoms with E-state index in [1.165, 1.54) is 39.8 Å². The van der Waals surface area contributed by atoms with E-state index in [-0.39, 0.29) is 0 Å². The number of benzene rings is 2. The summed E-state index contributed by atoms with van der Waals surface area (Å²) in [5, 5.41) is 0. The third-order valence-electron chi connectivity index (χ3n) is 6.01. The normalized spacial score (nSPS) is 12.5. The lowest BCUT2D eigenvalue weighted by Crippen LogP contribution is -1.90. The van der Waals surface area contributed by atoms with Gasteiger partial charge in [0.25, 0.3) is 0 Å². The molecule has 0 fully saturated rings. The largest absolute Gasteiger partial charge is 0.0760 e. The van der Waals surface area contributed by atoms with E-state index >= 15 is 0 Å². The van der Waals surface area contributed by atoms with E-state index in [1.807, 2.05) is 41.5 Å². The summed E-state index contributed by atoms with van der Waals surface area (Å²) in [5.74, 6) is 2.05. The van der Waals surface area contributed by atoms with Gasteiger partial charge in [0, 0.05) is 0 Å². The molecule has 0 aliphatic heterocycles. The van der Waals surface area contributed by atoms with Crippen LogP contribution in [0.3, 0.4) is 0 Å². The van der Waals surface area contributed by atoms with Crippen molar-refractivity contribution < 1.29 is 0 Å². The fourth-order valence-corrected chi connectivity index (χ4v) is 3.97. The Kier molecular flexibility index (Phi) is 21.6. The van der Waals surface area contributed by atoms with Crippen LogP contribution in [0.1, 0.15) is 125 Å². The van der Waals surface area contributed by atoms with Crippen LogP contribution in [0, 0.1) is 18.8 Å². The Morgan fingerprint density at radius 1 is 0.622 bits per heavy atom. The first-order valence-electron chi connectivity index (χ1n) is 14.9. The van der Waals surface area contributed by atoms with E-state index in [1.54, 1.807) is 5.57 Å². The van der Waals surface area contributed by atoms with Crippen LogP contribution in [0.5, 0.6) is 0 Å². The first kappa shape index (κ1) is 36.8. The molecule has 0 amide bonds. The summed E-state index contributed by atoms with van der Waals surface area (Å²) in [4.78, 5) is 0. The highest BCUT2D eigenvalue weighted by Crippen LogP contribution is 2.32. The van der Waals surface area contributed by atoms with Gasteiger partial charge < -0.3 is 0 Å². The average molecular weight is 505 g/mol. The zero-order valence-corrected chi connectivity index (χ0v) is 27.0. The second kappa shape index (κ2) is 21.7. The van der Waals surface area contributed by atoms with Crippen molar-refractivity contribution >= 4 is 5.57 Å². The molecule has 2 aromatic rings. The zero-order valence-electron chi connectivity index (χ0n) is 27.0. The average Bonchev–Trinajstić information content (AvgIpc) is 3.55. The Bertz CT molecular complexity index is 932. The van der Waals surface area contributed by atoms with Gasteiger partial charge in [-0.25, -0.2) is 0 Å². The van der Waals surface area contributed by atoms with Gasteiger partial charge in [0.1, 0.15) is 0 Å². The smallest absolute Gasteiger partial charge is 0.00853 e. The molecule has 0 saturated heterocycles. The quantitative estimate of drug-likeness (QED) is 0.390. The number of allylic oxidation sites excluding steroid dienone is 6. The topological polar surface area (TPSA) is 0 Å². The van der Waals surface area contributed by atoms with Crippen LogP contribution < -0.4 is 0 Å². The molecule has 0 unspecified atom stereocenters. The van der Waals surface area contributed by atoms with Crippen LogP contribution in [0.15, 0.2) is 77.9 Å². The van der Waals surface area contributed by atoms with E-state index in [0.29, 0.717) is 11.8 Å². The molecule has 0 heterocycles. The summed E-state index contributed by atoms with van der Waals surface area (Å²) in [6.07, 6.45) is 9.16. The van der Waals surface area contributed by atoms with Crippen LogP contribution >= 0.6 is 0 Å². The van der Waals surface area contributed by atoms with Crippen LogP contribution in [0.2, 0.25) is 0 Å². The van der Waals surface area contributed by atoms with Crippen LogP contribution in [-0.4, -0.2) is 0 Å². The first-order chi connectivity index (χ1) is 17.7. The lowest BCUT2D eigenvalue weighted by molar-refractivity contribution is 0.746. The Labute approximate surface area is 233 Å². The van der Waals surface area contributed by atoms with Crippen molar-refractivity contribution in [3.8, 4) is 0 Å². The number of hydrogen-bond donors (Lipinski definition) is 0. The molecule has 208 valence electrons. The fraction of sp³-hybridized carbons (Fsp3) is 0.514. The molecular formula is C37H60. The lowest BCUT2D eigenvalue weighted by atomic mass is 9.97.